The zero-order valence-electron chi connectivity index (χ0n) is 9.94. The molecule has 0 amide bonds. The molecule has 0 aromatic rings. The van der Waals surface area contributed by atoms with Crippen LogP contribution in [0.15, 0.2) is 0 Å². The molecule has 16 heavy (non-hydrogen) atoms. The first kappa shape index (κ1) is 15.7. The summed E-state index contributed by atoms with van der Waals surface area (Å²) in [4.78, 5) is 0. The quantitative estimate of drug-likeness (QED) is 0.708. The molecule has 0 aromatic heterocycles. The molecule has 0 aliphatic carbocycles. The molecule has 1 atom stereocenters. The van der Waals surface area contributed by atoms with Crippen molar-refractivity contribution in [3.63, 3.8) is 0 Å². The number of hydrogen-bond acceptors (Lipinski definition) is 2. The second kappa shape index (κ2) is 7.12. The van der Waals surface area contributed by atoms with E-state index in [0.29, 0.717) is 12.8 Å². The van der Waals surface area contributed by atoms with Crippen molar-refractivity contribution in [2.75, 3.05) is 19.8 Å². The maximum Gasteiger partial charge on any atom is 0.411 e. The van der Waals surface area contributed by atoms with Gasteiger partial charge >= 0.3 is 6.18 Å². The summed E-state index contributed by atoms with van der Waals surface area (Å²) in [5, 5.41) is 9.27. The number of halogens is 3. The van der Waals surface area contributed by atoms with Crippen LogP contribution in [0.2, 0.25) is 0 Å². The SMILES string of the molecule is CCCCC(CC)(CO)COCC(F)(F)F. The average molecular weight is 242 g/mol. The molecular formula is C11H21F3O2. The zero-order chi connectivity index (χ0) is 12.7. The van der Waals surface area contributed by atoms with Crippen LogP contribution in [0.1, 0.15) is 39.5 Å². The molecule has 0 heterocycles. The molecule has 0 saturated carbocycles. The lowest BCUT2D eigenvalue weighted by atomic mass is 9.82. The summed E-state index contributed by atoms with van der Waals surface area (Å²) in [6.45, 7) is 2.49. The van der Waals surface area contributed by atoms with Crippen molar-refractivity contribution in [2.24, 2.45) is 5.41 Å². The van der Waals surface area contributed by atoms with Crippen molar-refractivity contribution in [2.45, 2.75) is 45.7 Å². The lowest BCUT2D eigenvalue weighted by Gasteiger charge is -2.30. The van der Waals surface area contributed by atoms with Crippen molar-refractivity contribution in [3.8, 4) is 0 Å². The topological polar surface area (TPSA) is 29.5 Å². The number of aliphatic hydroxyl groups is 1. The van der Waals surface area contributed by atoms with Gasteiger partial charge < -0.3 is 9.84 Å². The molecule has 0 aliphatic heterocycles. The van der Waals surface area contributed by atoms with Gasteiger partial charge in [-0.05, 0) is 12.8 Å². The number of alkyl halides is 3. The van der Waals surface area contributed by atoms with Crippen LogP contribution in [0.5, 0.6) is 0 Å². The first-order chi connectivity index (χ1) is 7.39. The Morgan fingerprint density at radius 1 is 1.12 bits per heavy atom. The lowest BCUT2D eigenvalue weighted by molar-refractivity contribution is -0.183. The molecule has 1 N–H and O–H groups in total. The van der Waals surface area contributed by atoms with E-state index in [-0.39, 0.29) is 13.2 Å². The molecule has 0 saturated heterocycles. The van der Waals surface area contributed by atoms with Gasteiger partial charge in [-0.15, -0.1) is 0 Å². The van der Waals surface area contributed by atoms with Gasteiger partial charge in [0.25, 0.3) is 0 Å². The molecular weight excluding hydrogens is 221 g/mol. The fraction of sp³-hybridized carbons (Fsp3) is 1.00. The largest absolute Gasteiger partial charge is 0.411 e. The molecule has 0 radical (unpaired) electrons. The van der Waals surface area contributed by atoms with Crippen molar-refractivity contribution in [1.29, 1.82) is 0 Å². The van der Waals surface area contributed by atoms with E-state index in [0.717, 1.165) is 12.8 Å². The van der Waals surface area contributed by atoms with Crippen molar-refractivity contribution in [1.82, 2.24) is 0 Å². The molecule has 5 heteroatoms. The van der Waals surface area contributed by atoms with Gasteiger partial charge in [-0.1, -0.05) is 26.7 Å². The van der Waals surface area contributed by atoms with Gasteiger partial charge in [0.1, 0.15) is 6.61 Å². The molecule has 0 rings (SSSR count). The second-order valence-electron chi connectivity index (χ2n) is 4.22. The molecule has 0 fully saturated rings. The summed E-state index contributed by atoms with van der Waals surface area (Å²) in [6.07, 6.45) is -1.11. The van der Waals surface area contributed by atoms with Crippen LogP contribution in [0.25, 0.3) is 0 Å². The summed E-state index contributed by atoms with van der Waals surface area (Å²) >= 11 is 0. The molecule has 0 aromatic carbocycles. The zero-order valence-corrected chi connectivity index (χ0v) is 9.94. The van der Waals surface area contributed by atoms with Crippen LogP contribution in [-0.4, -0.2) is 31.1 Å². The van der Waals surface area contributed by atoms with E-state index in [9.17, 15) is 18.3 Å². The lowest BCUT2D eigenvalue weighted by Crippen LogP contribution is -2.32. The third kappa shape index (κ3) is 6.33. The number of unbranched alkanes of at least 4 members (excludes halogenated alkanes) is 1. The van der Waals surface area contributed by atoms with Crippen molar-refractivity contribution in [3.05, 3.63) is 0 Å². The van der Waals surface area contributed by atoms with Gasteiger partial charge in [-0.25, -0.2) is 0 Å². The van der Waals surface area contributed by atoms with E-state index in [1.807, 2.05) is 13.8 Å². The van der Waals surface area contributed by atoms with Gasteiger partial charge in [-0.3, -0.25) is 0 Å². The Kier molecular flexibility index (Phi) is 6.99. The predicted octanol–water partition coefficient (Wildman–Crippen LogP) is 3.14. The fourth-order valence-corrected chi connectivity index (χ4v) is 1.52. The Labute approximate surface area is 94.8 Å². The van der Waals surface area contributed by atoms with Crippen LogP contribution in [0.3, 0.4) is 0 Å². The molecule has 0 bridgehead atoms. The molecule has 98 valence electrons. The van der Waals surface area contributed by atoms with Crippen LogP contribution in [0.4, 0.5) is 13.2 Å². The van der Waals surface area contributed by atoms with E-state index in [1.165, 1.54) is 0 Å². The Balaban J connectivity index is 4.11. The van der Waals surface area contributed by atoms with E-state index in [4.69, 9.17) is 0 Å². The number of ether oxygens (including phenoxy) is 1. The maximum atomic E-state index is 11.9. The highest BCUT2D eigenvalue weighted by Crippen LogP contribution is 2.29. The van der Waals surface area contributed by atoms with Gasteiger partial charge in [0.2, 0.25) is 0 Å². The highest BCUT2D eigenvalue weighted by atomic mass is 19.4. The van der Waals surface area contributed by atoms with E-state index in [2.05, 4.69) is 4.74 Å². The second-order valence-corrected chi connectivity index (χ2v) is 4.22. The highest BCUT2D eigenvalue weighted by molar-refractivity contribution is 4.77. The van der Waals surface area contributed by atoms with Gasteiger partial charge in [0, 0.05) is 5.41 Å². The minimum absolute atomic E-state index is 0.0283. The first-order valence-electron chi connectivity index (χ1n) is 5.64. The van der Waals surface area contributed by atoms with E-state index >= 15 is 0 Å². The molecule has 2 nitrogen and oxygen atoms in total. The smallest absolute Gasteiger partial charge is 0.396 e. The minimum atomic E-state index is -4.29. The first-order valence-corrected chi connectivity index (χ1v) is 5.64. The van der Waals surface area contributed by atoms with Crippen LogP contribution >= 0.6 is 0 Å². The van der Waals surface area contributed by atoms with E-state index < -0.39 is 18.2 Å². The third-order valence-corrected chi connectivity index (χ3v) is 2.82. The standard InChI is InChI=1S/C11H21F3O2/c1-3-5-6-10(4-2,7-15)8-16-9-11(12,13)14/h15H,3-9H2,1-2H3. The Morgan fingerprint density at radius 3 is 2.12 bits per heavy atom. The summed E-state index contributed by atoms with van der Waals surface area (Å²) in [5.74, 6) is 0. The molecule has 0 spiro atoms. The monoisotopic (exact) mass is 242 g/mol. The summed E-state index contributed by atoms with van der Waals surface area (Å²) in [5.41, 5.74) is -0.513. The Hall–Kier alpha value is -0.290. The van der Waals surface area contributed by atoms with Crippen LogP contribution in [0, 0.1) is 5.41 Å². The minimum Gasteiger partial charge on any atom is -0.396 e. The summed E-state index contributed by atoms with van der Waals surface area (Å²) in [7, 11) is 0. The fourth-order valence-electron chi connectivity index (χ4n) is 1.52. The molecule has 0 aliphatic rings. The normalized spacial score (nSPS) is 16.1. The summed E-state index contributed by atoms with van der Waals surface area (Å²) in [6, 6.07) is 0. The number of rotatable bonds is 8. The van der Waals surface area contributed by atoms with Gasteiger partial charge in [0.15, 0.2) is 0 Å². The number of aliphatic hydroxyl groups excluding tert-OH is 1. The van der Waals surface area contributed by atoms with Crippen LogP contribution < -0.4 is 0 Å². The Bertz CT molecular complexity index is 177. The van der Waals surface area contributed by atoms with Gasteiger partial charge in [-0.2, -0.15) is 13.2 Å². The highest BCUT2D eigenvalue weighted by Gasteiger charge is 2.32. The maximum absolute atomic E-state index is 11.9. The van der Waals surface area contributed by atoms with Crippen molar-refractivity contribution < 1.29 is 23.0 Å². The van der Waals surface area contributed by atoms with E-state index in [1.54, 1.807) is 0 Å². The molecule has 1 unspecified atom stereocenters. The number of hydrogen-bond donors (Lipinski definition) is 1. The summed E-state index contributed by atoms with van der Waals surface area (Å²) < 4.78 is 40.4. The predicted molar refractivity (Wildman–Crippen MR) is 56.2 cm³/mol. The van der Waals surface area contributed by atoms with Crippen molar-refractivity contribution >= 4 is 0 Å². The average Bonchev–Trinajstić information content (AvgIpc) is 2.22. The van der Waals surface area contributed by atoms with Crippen LogP contribution in [-0.2, 0) is 4.74 Å². The third-order valence-electron chi connectivity index (χ3n) is 2.82. The van der Waals surface area contributed by atoms with Gasteiger partial charge in [0.05, 0.1) is 13.2 Å². The Morgan fingerprint density at radius 2 is 1.75 bits per heavy atom.